The molecule has 0 spiro atoms. The van der Waals surface area contributed by atoms with E-state index in [2.05, 4.69) is 79.7 Å². The molecule has 2 rings (SSSR count). The maximum atomic E-state index is 3.30. The molecule has 0 aromatic heterocycles. The van der Waals surface area contributed by atoms with Gasteiger partial charge in [-0.2, -0.15) is 11.1 Å². The molecule has 0 aromatic carbocycles. The number of hydrogen-bond donors (Lipinski definition) is 0. The summed E-state index contributed by atoms with van der Waals surface area (Å²) in [7, 11) is 0. The molecule has 0 aliphatic heterocycles. The molecule has 0 fully saturated rings. The average molecular weight is 520 g/mol. The summed E-state index contributed by atoms with van der Waals surface area (Å²) in [5.41, 5.74) is 6.28. The fourth-order valence-corrected chi connectivity index (χ4v) is 2.16. The van der Waals surface area contributed by atoms with E-state index in [1.54, 1.807) is 0 Å². The summed E-state index contributed by atoms with van der Waals surface area (Å²) in [5.74, 6) is 0. The van der Waals surface area contributed by atoms with E-state index in [1.165, 1.54) is 22.3 Å². The van der Waals surface area contributed by atoms with Crippen molar-refractivity contribution in [2.24, 2.45) is 10.8 Å². The Hall–Kier alpha value is 0.410. The quantitative estimate of drug-likeness (QED) is 0.318. The Morgan fingerprint density at radius 3 is 1.04 bits per heavy atom. The minimum atomic E-state index is 0. The molecule has 0 amide bonds. The van der Waals surface area contributed by atoms with Crippen molar-refractivity contribution >= 4 is 0 Å². The zero-order chi connectivity index (χ0) is 15.6. The van der Waals surface area contributed by atoms with Crippen LogP contribution in [0.1, 0.15) is 68.2 Å². The van der Waals surface area contributed by atoms with Gasteiger partial charge in [-0.25, -0.2) is 23.3 Å². The smallest absolute Gasteiger partial charge is 1.00 e. The molecule has 0 saturated carbocycles. The summed E-state index contributed by atoms with van der Waals surface area (Å²) in [6, 6.07) is 0. The summed E-state index contributed by atoms with van der Waals surface area (Å²) in [4.78, 5) is 0. The van der Waals surface area contributed by atoms with Gasteiger partial charge in [0.1, 0.15) is 0 Å². The van der Waals surface area contributed by atoms with Gasteiger partial charge in [-0.05, 0) is 10.8 Å². The van der Waals surface area contributed by atoms with Crippen LogP contribution in [-0.4, -0.2) is 0 Å². The predicted molar refractivity (Wildman–Crippen MR) is 89.2 cm³/mol. The first-order chi connectivity index (χ1) is 9.00. The predicted octanol–water partition coefficient (Wildman–Crippen LogP) is 0.230. The Kier molecular flexibility index (Phi) is 13.6. The molecule has 0 atom stereocenters. The minimum absolute atomic E-state index is 0. The second-order valence-corrected chi connectivity index (χ2v) is 7.91. The van der Waals surface area contributed by atoms with E-state index in [9.17, 15) is 0 Å². The average Bonchev–Trinajstić information content (AvgIpc) is 2.85. The van der Waals surface area contributed by atoms with Gasteiger partial charge < -0.3 is 24.8 Å². The van der Waals surface area contributed by atoms with Gasteiger partial charge in [-0.1, -0.05) is 55.4 Å². The van der Waals surface area contributed by atoms with Crippen LogP contribution in [0.15, 0.2) is 34.4 Å². The van der Waals surface area contributed by atoms with E-state index in [-0.39, 0.29) is 50.7 Å². The second kappa shape index (κ2) is 11.1. The van der Waals surface area contributed by atoms with E-state index in [0.717, 1.165) is 12.8 Å². The molecule has 0 unspecified atom stereocenters. The van der Waals surface area contributed by atoms with Crippen molar-refractivity contribution in [1.29, 1.82) is 0 Å². The first-order valence-electron chi connectivity index (χ1n) is 7.57. The number of rotatable bonds is 0. The minimum Gasteiger partial charge on any atom is -1.00 e. The van der Waals surface area contributed by atoms with Crippen LogP contribution < -0.4 is 24.8 Å². The van der Waals surface area contributed by atoms with Crippen molar-refractivity contribution < 1.29 is 50.7 Å². The summed E-state index contributed by atoms with van der Waals surface area (Å²) in [6.07, 6.45) is 13.2. The molecule has 0 radical (unpaired) electrons. The summed E-state index contributed by atoms with van der Waals surface area (Å²) in [6.45, 7) is 17.7. The fraction of sp³-hybridized carbons (Fsp3) is 0.600. The largest absolute Gasteiger partial charge is 4.00 e. The molecule has 23 heavy (non-hydrogen) atoms. The van der Waals surface area contributed by atoms with Crippen molar-refractivity contribution in [3.05, 3.63) is 46.6 Å². The van der Waals surface area contributed by atoms with Gasteiger partial charge in [-0.15, -0.1) is 12.8 Å². The Balaban J connectivity index is -0.000000308. The topological polar surface area (TPSA) is 0 Å². The Labute approximate surface area is 175 Å². The van der Waals surface area contributed by atoms with Crippen LogP contribution in [0.3, 0.4) is 0 Å². The molecule has 0 heterocycles. The first-order valence-corrected chi connectivity index (χ1v) is 7.57. The van der Waals surface area contributed by atoms with Crippen LogP contribution in [0.25, 0.3) is 0 Å². The third-order valence-electron chi connectivity index (χ3n) is 3.82. The molecule has 0 nitrogen and oxygen atoms in total. The first kappa shape index (κ1) is 28.2. The zero-order valence-corrected chi connectivity index (χ0v) is 20.9. The number of hydrogen-bond acceptors (Lipinski definition) is 0. The molecule has 3 heteroatoms. The van der Waals surface area contributed by atoms with Crippen LogP contribution in [0.4, 0.5) is 0 Å². The SMILES string of the molecule is CC1=[C-]CC(C(C)(C)C)=C1.CC1=[C-]CC(C(C)(C)C)=C1.[Cl-].[Cl-].[Hf+4]. The van der Waals surface area contributed by atoms with E-state index < -0.39 is 0 Å². The molecule has 0 saturated heterocycles. The zero-order valence-electron chi connectivity index (χ0n) is 15.8. The van der Waals surface area contributed by atoms with Gasteiger partial charge in [0, 0.05) is 0 Å². The molecule has 0 aromatic rings. The van der Waals surface area contributed by atoms with Crippen LogP contribution in [0, 0.1) is 23.0 Å². The normalized spacial score (nSPS) is 16.3. The van der Waals surface area contributed by atoms with Gasteiger partial charge in [0.25, 0.3) is 0 Å². The van der Waals surface area contributed by atoms with Gasteiger partial charge >= 0.3 is 25.8 Å². The molecule has 2 aliphatic carbocycles. The van der Waals surface area contributed by atoms with Gasteiger partial charge in [0.2, 0.25) is 0 Å². The summed E-state index contributed by atoms with van der Waals surface area (Å²) in [5, 5.41) is 0. The fourth-order valence-electron chi connectivity index (χ4n) is 2.16. The maximum Gasteiger partial charge on any atom is 4.00 e. The second-order valence-electron chi connectivity index (χ2n) is 7.91. The molecule has 0 N–H and O–H groups in total. The monoisotopic (exact) mass is 520 g/mol. The van der Waals surface area contributed by atoms with E-state index >= 15 is 0 Å². The summed E-state index contributed by atoms with van der Waals surface area (Å²) < 4.78 is 0. The third kappa shape index (κ3) is 10.1. The van der Waals surface area contributed by atoms with Gasteiger partial charge in [-0.3, -0.25) is 12.2 Å². The van der Waals surface area contributed by atoms with Crippen molar-refractivity contribution in [1.82, 2.24) is 0 Å². The van der Waals surface area contributed by atoms with Crippen LogP contribution in [0.2, 0.25) is 0 Å². The Bertz CT molecular complexity index is 435. The Morgan fingerprint density at radius 2 is 0.957 bits per heavy atom. The molecule has 0 bridgehead atoms. The van der Waals surface area contributed by atoms with Crippen molar-refractivity contribution in [3.63, 3.8) is 0 Å². The van der Waals surface area contributed by atoms with Crippen molar-refractivity contribution in [3.8, 4) is 0 Å². The van der Waals surface area contributed by atoms with Gasteiger partial charge in [0.05, 0.1) is 0 Å². The van der Waals surface area contributed by atoms with Crippen LogP contribution in [-0.2, 0) is 25.8 Å². The van der Waals surface area contributed by atoms with Crippen LogP contribution >= 0.6 is 0 Å². The molecule has 2 aliphatic rings. The standard InChI is InChI=1S/2C10H15.2ClH.Hf/c2*1-8-5-6-9(7-8)10(2,3)4;;;/h2*7H,6H2,1-4H3;2*1H;/q2*-1;;;+4/p-2. The maximum absolute atomic E-state index is 3.30. The van der Waals surface area contributed by atoms with E-state index in [0.29, 0.717) is 10.8 Å². The van der Waals surface area contributed by atoms with Crippen LogP contribution in [0.5, 0.6) is 0 Å². The number of halogens is 2. The number of allylic oxidation sites excluding steroid dienone is 8. The van der Waals surface area contributed by atoms with Crippen molar-refractivity contribution in [2.75, 3.05) is 0 Å². The van der Waals surface area contributed by atoms with E-state index in [1.807, 2.05) is 0 Å². The summed E-state index contributed by atoms with van der Waals surface area (Å²) >= 11 is 0. The van der Waals surface area contributed by atoms with E-state index in [4.69, 9.17) is 0 Å². The Morgan fingerprint density at radius 1 is 0.696 bits per heavy atom. The van der Waals surface area contributed by atoms with Crippen molar-refractivity contribution in [2.45, 2.75) is 68.2 Å². The molecule has 128 valence electrons. The third-order valence-corrected chi connectivity index (χ3v) is 3.82. The molecular formula is C20H30Cl2Hf. The molecular weight excluding hydrogens is 490 g/mol. The van der Waals surface area contributed by atoms with Gasteiger partial charge in [0.15, 0.2) is 0 Å².